The van der Waals surface area contributed by atoms with E-state index in [-0.39, 0.29) is 27.6 Å². The minimum Gasteiger partial charge on any atom is -0.481 e. The van der Waals surface area contributed by atoms with Crippen LogP contribution in [0.25, 0.3) is 0 Å². The Morgan fingerprint density at radius 2 is 1.68 bits per heavy atom. The zero-order valence-electron chi connectivity index (χ0n) is 22.1. The molecule has 5 saturated carbocycles. The van der Waals surface area contributed by atoms with Crippen LogP contribution in [0.4, 0.5) is 0 Å². The second-order valence-electron chi connectivity index (χ2n) is 14.1. The number of fused-ring (bicyclic) bond motifs is 2. The maximum atomic E-state index is 13.3. The molecule has 0 aliphatic heterocycles. The zero-order valence-corrected chi connectivity index (χ0v) is 22.1. The van der Waals surface area contributed by atoms with E-state index in [1.165, 1.54) is 0 Å². The Labute approximate surface area is 206 Å². The SMILES string of the molecule is C=C(C)C(O)CCC(C)C1CCC2(C(=O)O)C3CCC4C(C)(C)C(=O)CCC45CC35CCC12C. The highest BCUT2D eigenvalue weighted by atomic mass is 16.4. The monoisotopic (exact) mass is 470 g/mol. The van der Waals surface area contributed by atoms with E-state index in [0.717, 1.165) is 63.4 Å². The van der Waals surface area contributed by atoms with Crippen LogP contribution in [0.2, 0.25) is 0 Å². The van der Waals surface area contributed by atoms with Crippen LogP contribution >= 0.6 is 0 Å². The number of hydrogen-bond acceptors (Lipinski definition) is 3. The van der Waals surface area contributed by atoms with Gasteiger partial charge in [0.25, 0.3) is 0 Å². The Bertz CT molecular complexity index is 921. The van der Waals surface area contributed by atoms with Crippen LogP contribution in [-0.2, 0) is 9.59 Å². The Morgan fingerprint density at radius 3 is 2.32 bits per heavy atom. The number of Topliss-reactive ketones (excluding diaryl/α,β-unsaturated/α-hetero) is 1. The molecule has 34 heavy (non-hydrogen) atoms. The largest absolute Gasteiger partial charge is 0.481 e. The minimum atomic E-state index is -0.642. The molecule has 5 aliphatic carbocycles. The van der Waals surface area contributed by atoms with E-state index in [1.807, 2.05) is 6.92 Å². The molecule has 2 N–H and O–H groups in total. The Kier molecular flexibility index (Phi) is 5.36. The highest BCUT2D eigenvalue weighted by molar-refractivity contribution is 5.86. The predicted octanol–water partition coefficient (Wildman–Crippen LogP) is 6.41. The maximum Gasteiger partial charge on any atom is 0.310 e. The first-order chi connectivity index (χ1) is 15.8. The first-order valence-electron chi connectivity index (χ1n) is 13.9. The molecule has 0 amide bonds. The van der Waals surface area contributed by atoms with Gasteiger partial charge in [-0.3, -0.25) is 9.59 Å². The van der Waals surface area contributed by atoms with Crippen molar-refractivity contribution in [2.45, 2.75) is 111 Å². The smallest absolute Gasteiger partial charge is 0.310 e. The fourth-order valence-corrected chi connectivity index (χ4v) is 11.1. The van der Waals surface area contributed by atoms with Gasteiger partial charge in [-0.25, -0.2) is 0 Å². The van der Waals surface area contributed by atoms with Gasteiger partial charge in [-0.15, -0.1) is 0 Å². The average molecular weight is 471 g/mol. The third-order valence-electron chi connectivity index (χ3n) is 12.9. The Morgan fingerprint density at radius 1 is 1.03 bits per heavy atom. The van der Waals surface area contributed by atoms with Crippen molar-refractivity contribution in [1.82, 2.24) is 0 Å². The number of aliphatic hydroxyl groups excluding tert-OH is 1. The number of rotatable bonds is 6. The van der Waals surface area contributed by atoms with Crippen LogP contribution < -0.4 is 0 Å². The molecule has 0 aromatic heterocycles. The summed E-state index contributed by atoms with van der Waals surface area (Å²) < 4.78 is 0. The second kappa shape index (κ2) is 7.43. The van der Waals surface area contributed by atoms with Crippen LogP contribution in [0, 0.1) is 50.7 Å². The maximum absolute atomic E-state index is 13.3. The van der Waals surface area contributed by atoms with Gasteiger partial charge in [0.2, 0.25) is 0 Å². The molecule has 190 valence electrons. The molecule has 0 aromatic rings. The van der Waals surface area contributed by atoms with E-state index in [9.17, 15) is 19.8 Å². The number of carbonyl (C=O) groups is 2. The highest BCUT2D eigenvalue weighted by Crippen LogP contribution is 2.88. The lowest BCUT2D eigenvalue weighted by molar-refractivity contribution is -0.190. The first-order valence-corrected chi connectivity index (χ1v) is 13.9. The minimum absolute atomic E-state index is 0.139. The summed E-state index contributed by atoms with van der Waals surface area (Å²) in [6.07, 6.45) is 9.90. The van der Waals surface area contributed by atoms with E-state index in [1.54, 1.807) is 0 Å². The van der Waals surface area contributed by atoms with Crippen LogP contribution in [0.5, 0.6) is 0 Å². The molecule has 0 radical (unpaired) electrons. The second-order valence-corrected chi connectivity index (χ2v) is 14.1. The average Bonchev–Trinajstić information content (AvgIpc) is 3.32. The van der Waals surface area contributed by atoms with Gasteiger partial charge in [-0.1, -0.05) is 39.8 Å². The zero-order chi connectivity index (χ0) is 24.9. The normalized spacial score (nSPS) is 48.1. The number of carbonyl (C=O) groups excluding carboxylic acids is 1. The van der Waals surface area contributed by atoms with Crippen molar-refractivity contribution in [2.75, 3.05) is 0 Å². The quantitative estimate of drug-likeness (QED) is 0.440. The molecule has 5 fully saturated rings. The Balaban J connectivity index is 1.46. The van der Waals surface area contributed by atoms with Gasteiger partial charge >= 0.3 is 5.97 Å². The lowest BCUT2D eigenvalue weighted by atomic mass is 9.41. The Hall–Kier alpha value is -1.16. The highest BCUT2D eigenvalue weighted by Gasteiger charge is 2.84. The van der Waals surface area contributed by atoms with Crippen molar-refractivity contribution in [3.8, 4) is 0 Å². The lowest BCUT2D eigenvalue weighted by Crippen LogP contribution is -2.60. The molecule has 4 nitrogen and oxygen atoms in total. The van der Waals surface area contributed by atoms with E-state index >= 15 is 0 Å². The first kappa shape index (κ1) is 24.5. The van der Waals surface area contributed by atoms with E-state index in [2.05, 4.69) is 34.3 Å². The van der Waals surface area contributed by atoms with E-state index < -0.39 is 17.5 Å². The fourth-order valence-electron chi connectivity index (χ4n) is 11.1. The number of aliphatic carboxylic acids is 1. The van der Waals surface area contributed by atoms with Crippen LogP contribution in [0.3, 0.4) is 0 Å². The third-order valence-corrected chi connectivity index (χ3v) is 12.9. The van der Waals surface area contributed by atoms with Crippen LogP contribution in [0.15, 0.2) is 12.2 Å². The summed E-state index contributed by atoms with van der Waals surface area (Å²) in [5.41, 5.74) is 0.0533. The van der Waals surface area contributed by atoms with Crippen LogP contribution in [0.1, 0.15) is 105 Å². The van der Waals surface area contributed by atoms with Crippen molar-refractivity contribution in [1.29, 1.82) is 0 Å². The van der Waals surface area contributed by atoms with Gasteiger partial charge in [0, 0.05) is 11.8 Å². The number of ketones is 1. The van der Waals surface area contributed by atoms with Gasteiger partial charge in [0.1, 0.15) is 5.78 Å². The van der Waals surface area contributed by atoms with Crippen molar-refractivity contribution in [3.05, 3.63) is 12.2 Å². The molecule has 0 bridgehead atoms. The number of aliphatic hydroxyl groups is 1. The summed E-state index contributed by atoms with van der Waals surface area (Å²) >= 11 is 0. The number of carboxylic acids is 1. The van der Waals surface area contributed by atoms with Crippen molar-refractivity contribution >= 4 is 11.8 Å². The molecule has 5 aliphatic rings. The van der Waals surface area contributed by atoms with Gasteiger partial charge in [-0.2, -0.15) is 0 Å². The van der Waals surface area contributed by atoms with Gasteiger partial charge in [0.15, 0.2) is 0 Å². The molecule has 5 rings (SSSR count). The van der Waals surface area contributed by atoms with Crippen molar-refractivity contribution in [3.63, 3.8) is 0 Å². The summed E-state index contributed by atoms with van der Waals surface area (Å²) in [7, 11) is 0. The fraction of sp³-hybridized carbons (Fsp3) is 0.867. The third kappa shape index (κ3) is 2.75. The summed E-state index contributed by atoms with van der Waals surface area (Å²) in [6, 6.07) is 0. The molecule has 4 heteroatoms. The number of carboxylic acid groups (broad SMARTS) is 1. The molecule has 9 atom stereocenters. The molecule has 0 aromatic carbocycles. The molecular formula is C30H46O4. The standard InChI is InChI=1S/C30H46O4/c1-18(2)21(31)8-7-19(3)20-11-14-30(25(33)34)23-10-9-22-26(4,5)24(32)12-13-28(22)17-29(23,28)16-15-27(20,30)6/h19-23,31H,1,7-17H2,2-6H3,(H,33,34). The number of hydrogen-bond donors (Lipinski definition) is 2. The summed E-state index contributed by atoms with van der Waals surface area (Å²) in [5, 5.41) is 21.3. The summed E-state index contributed by atoms with van der Waals surface area (Å²) in [6.45, 7) is 14.7. The molecule has 2 spiro atoms. The van der Waals surface area contributed by atoms with Gasteiger partial charge < -0.3 is 10.2 Å². The molecular weight excluding hydrogens is 424 g/mol. The summed E-state index contributed by atoms with van der Waals surface area (Å²) in [5.74, 6) is 1.31. The predicted molar refractivity (Wildman–Crippen MR) is 133 cm³/mol. The van der Waals surface area contributed by atoms with Gasteiger partial charge in [0.05, 0.1) is 11.5 Å². The molecule has 0 saturated heterocycles. The van der Waals surface area contributed by atoms with Crippen molar-refractivity contribution < 1.29 is 19.8 Å². The van der Waals surface area contributed by atoms with Crippen molar-refractivity contribution in [2.24, 2.45) is 50.7 Å². The summed E-state index contributed by atoms with van der Waals surface area (Å²) in [4.78, 5) is 26.2. The molecule has 0 heterocycles. The topological polar surface area (TPSA) is 74.6 Å². The van der Waals surface area contributed by atoms with Crippen LogP contribution in [-0.4, -0.2) is 28.1 Å². The molecule has 9 unspecified atom stereocenters. The van der Waals surface area contributed by atoms with Gasteiger partial charge in [-0.05, 0) is 111 Å². The lowest BCUT2D eigenvalue weighted by Gasteiger charge is -2.61. The van der Waals surface area contributed by atoms with E-state index in [0.29, 0.717) is 36.4 Å². The van der Waals surface area contributed by atoms with E-state index in [4.69, 9.17) is 0 Å².